The van der Waals surface area contributed by atoms with E-state index in [0.717, 1.165) is 28.4 Å². The van der Waals surface area contributed by atoms with Gasteiger partial charge in [0.2, 0.25) is 0 Å². The van der Waals surface area contributed by atoms with Gasteiger partial charge in [-0.2, -0.15) is 0 Å². The first-order valence-electron chi connectivity index (χ1n) is 8.61. The maximum absolute atomic E-state index is 6.50. The summed E-state index contributed by atoms with van der Waals surface area (Å²) in [5.74, 6) is 0.724. The van der Waals surface area contributed by atoms with E-state index >= 15 is 0 Å². The fourth-order valence-electron chi connectivity index (χ4n) is 2.95. The summed E-state index contributed by atoms with van der Waals surface area (Å²) >= 11 is 12.9. The van der Waals surface area contributed by atoms with Crippen LogP contribution >= 0.6 is 23.2 Å². The molecule has 1 aliphatic rings. The Morgan fingerprint density at radius 2 is 1.70 bits per heavy atom. The minimum absolute atomic E-state index is 0.587. The van der Waals surface area contributed by atoms with Crippen LogP contribution in [-0.2, 0) is 0 Å². The van der Waals surface area contributed by atoms with Crippen molar-refractivity contribution >= 4 is 40.3 Å². The van der Waals surface area contributed by atoms with Gasteiger partial charge in [0.15, 0.2) is 0 Å². The summed E-state index contributed by atoms with van der Waals surface area (Å²) in [7, 11) is 0. The van der Waals surface area contributed by atoms with Gasteiger partial charge in [-0.3, -0.25) is 4.90 Å². The van der Waals surface area contributed by atoms with Crippen molar-refractivity contribution in [2.24, 2.45) is 4.99 Å². The molecule has 0 bridgehead atoms. The summed E-state index contributed by atoms with van der Waals surface area (Å²) in [6.07, 6.45) is 7.97. The zero-order valence-electron chi connectivity index (χ0n) is 15.3. The molecule has 1 heterocycles. The van der Waals surface area contributed by atoms with E-state index in [1.54, 1.807) is 0 Å². The average molecular weight is 395 g/mol. The molecule has 0 aliphatic carbocycles. The van der Waals surface area contributed by atoms with Crippen molar-refractivity contribution in [3.8, 4) is 0 Å². The van der Waals surface area contributed by atoms with Gasteiger partial charge in [0, 0.05) is 27.6 Å². The van der Waals surface area contributed by atoms with Crippen molar-refractivity contribution in [1.29, 1.82) is 0 Å². The molecule has 0 N–H and O–H groups in total. The van der Waals surface area contributed by atoms with E-state index in [1.807, 2.05) is 91.6 Å². The molecule has 2 aromatic rings. The summed E-state index contributed by atoms with van der Waals surface area (Å²) in [5.41, 5.74) is 4.34. The number of rotatable bonds is 3. The second-order valence-corrected chi connectivity index (χ2v) is 6.88. The Hall–Kier alpha value is -2.55. The topological polar surface area (TPSA) is 15.6 Å². The first kappa shape index (κ1) is 19.2. The highest BCUT2D eigenvalue weighted by molar-refractivity contribution is 6.36. The third-order valence-electron chi connectivity index (χ3n) is 4.25. The SMILES string of the molecule is C=C1C=CC=C(C)N1C(=Nc1ccccc1Cl)C(=CC)c1ccccc1Cl. The number of allylic oxidation sites excluding steroid dienone is 5. The first-order valence-corrected chi connectivity index (χ1v) is 9.37. The number of para-hydroxylation sites is 1. The maximum atomic E-state index is 6.50. The zero-order chi connectivity index (χ0) is 19.4. The van der Waals surface area contributed by atoms with Gasteiger partial charge in [-0.25, -0.2) is 4.99 Å². The Balaban J connectivity index is 2.23. The molecule has 27 heavy (non-hydrogen) atoms. The average Bonchev–Trinajstić information content (AvgIpc) is 2.65. The summed E-state index contributed by atoms with van der Waals surface area (Å²) in [4.78, 5) is 6.94. The van der Waals surface area contributed by atoms with E-state index in [2.05, 4.69) is 6.58 Å². The van der Waals surface area contributed by atoms with Gasteiger partial charge < -0.3 is 0 Å². The van der Waals surface area contributed by atoms with Crippen LogP contribution in [0.3, 0.4) is 0 Å². The lowest BCUT2D eigenvalue weighted by molar-refractivity contribution is 0.653. The maximum Gasteiger partial charge on any atom is 0.145 e. The van der Waals surface area contributed by atoms with Crippen LogP contribution in [-0.4, -0.2) is 10.7 Å². The van der Waals surface area contributed by atoms with Gasteiger partial charge >= 0.3 is 0 Å². The van der Waals surface area contributed by atoms with Crippen LogP contribution < -0.4 is 0 Å². The van der Waals surface area contributed by atoms with E-state index in [-0.39, 0.29) is 0 Å². The van der Waals surface area contributed by atoms with E-state index in [1.165, 1.54) is 0 Å². The monoisotopic (exact) mass is 394 g/mol. The predicted molar refractivity (Wildman–Crippen MR) is 118 cm³/mol. The van der Waals surface area contributed by atoms with Crippen LogP contribution in [0.5, 0.6) is 0 Å². The predicted octanol–water partition coefficient (Wildman–Crippen LogP) is 7.42. The second-order valence-electron chi connectivity index (χ2n) is 6.06. The molecule has 2 aromatic carbocycles. The Bertz CT molecular complexity index is 997. The van der Waals surface area contributed by atoms with Crippen molar-refractivity contribution in [2.75, 3.05) is 0 Å². The molecule has 0 fully saturated rings. The normalized spacial score (nSPS) is 15.2. The van der Waals surface area contributed by atoms with Crippen LogP contribution in [0.25, 0.3) is 5.57 Å². The molecule has 1 aliphatic heterocycles. The fourth-order valence-corrected chi connectivity index (χ4v) is 3.36. The van der Waals surface area contributed by atoms with E-state index in [4.69, 9.17) is 28.2 Å². The zero-order valence-corrected chi connectivity index (χ0v) is 16.8. The molecule has 0 saturated carbocycles. The van der Waals surface area contributed by atoms with Crippen LogP contribution in [0.1, 0.15) is 19.4 Å². The Kier molecular flexibility index (Phi) is 6.00. The van der Waals surface area contributed by atoms with Crippen molar-refractivity contribution in [2.45, 2.75) is 13.8 Å². The highest BCUT2D eigenvalue weighted by Crippen LogP contribution is 2.33. The highest BCUT2D eigenvalue weighted by Gasteiger charge is 2.23. The summed E-state index contributed by atoms with van der Waals surface area (Å²) in [5, 5.41) is 1.25. The molecule has 0 unspecified atom stereocenters. The summed E-state index contributed by atoms with van der Waals surface area (Å²) in [6.45, 7) is 8.19. The lowest BCUT2D eigenvalue weighted by Crippen LogP contribution is -2.30. The van der Waals surface area contributed by atoms with Crippen molar-refractivity contribution in [3.05, 3.63) is 106 Å². The number of benzene rings is 2. The lowest BCUT2D eigenvalue weighted by Gasteiger charge is -2.31. The standard InChI is InChI=1S/C23H20Cl2N2/c1-4-18(19-12-5-6-13-20(19)24)23(26-22-15-8-7-14-21(22)25)27-16(2)10-9-11-17(27)3/h4-15H,2H2,1,3H3. The minimum Gasteiger partial charge on any atom is -0.299 e. The van der Waals surface area contributed by atoms with E-state index in [0.29, 0.717) is 15.7 Å². The first-order chi connectivity index (χ1) is 13.0. The minimum atomic E-state index is 0.587. The number of amidine groups is 1. The molecule has 136 valence electrons. The molecular weight excluding hydrogens is 375 g/mol. The fraction of sp³-hybridized carbons (Fsp3) is 0.0870. The Morgan fingerprint density at radius 1 is 1.04 bits per heavy atom. The van der Waals surface area contributed by atoms with Crippen LogP contribution in [0.15, 0.2) is 95.8 Å². The van der Waals surface area contributed by atoms with Crippen molar-refractivity contribution in [1.82, 2.24) is 4.90 Å². The van der Waals surface area contributed by atoms with Crippen molar-refractivity contribution < 1.29 is 0 Å². The van der Waals surface area contributed by atoms with Crippen molar-refractivity contribution in [3.63, 3.8) is 0 Å². The van der Waals surface area contributed by atoms with Crippen LogP contribution in [0.4, 0.5) is 5.69 Å². The largest absolute Gasteiger partial charge is 0.299 e. The second kappa shape index (κ2) is 8.43. The molecule has 0 spiro atoms. The van der Waals surface area contributed by atoms with Gasteiger partial charge in [0.25, 0.3) is 0 Å². The third kappa shape index (κ3) is 4.08. The number of halogens is 2. The third-order valence-corrected chi connectivity index (χ3v) is 4.90. The number of hydrogen-bond donors (Lipinski definition) is 0. The van der Waals surface area contributed by atoms with Gasteiger partial charge in [-0.1, -0.05) is 72.3 Å². The molecule has 0 radical (unpaired) electrons. The molecule has 0 atom stereocenters. The Labute approximate surface area is 170 Å². The summed E-state index contributed by atoms with van der Waals surface area (Å²) in [6, 6.07) is 15.3. The van der Waals surface area contributed by atoms with E-state index in [9.17, 15) is 0 Å². The molecular formula is C23H20Cl2N2. The van der Waals surface area contributed by atoms with E-state index < -0.39 is 0 Å². The number of nitrogens with zero attached hydrogens (tertiary/aromatic N) is 2. The number of hydrogen-bond acceptors (Lipinski definition) is 1. The Morgan fingerprint density at radius 3 is 2.33 bits per heavy atom. The smallest absolute Gasteiger partial charge is 0.145 e. The molecule has 4 heteroatoms. The van der Waals surface area contributed by atoms with Gasteiger partial charge in [0.1, 0.15) is 5.84 Å². The lowest BCUT2D eigenvalue weighted by atomic mass is 10.0. The van der Waals surface area contributed by atoms with Gasteiger partial charge in [-0.05, 0) is 44.2 Å². The van der Waals surface area contributed by atoms with Crippen LogP contribution in [0, 0.1) is 0 Å². The molecule has 2 nitrogen and oxygen atoms in total. The van der Waals surface area contributed by atoms with Crippen LogP contribution in [0.2, 0.25) is 10.0 Å². The van der Waals surface area contributed by atoms with Gasteiger partial charge in [-0.15, -0.1) is 0 Å². The summed E-state index contributed by atoms with van der Waals surface area (Å²) < 4.78 is 0. The molecule has 0 amide bonds. The van der Waals surface area contributed by atoms with Gasteiger partial charge in [0.05, 0.1) is 10.7 Å². The quantitative estimate of drug-likeness (QED) is 0.390. The molecule has 0 aromatic heterocycles. The number of aliphatic imine (C=N–C) groups is 1. The highest BCUT2D eigenvalue weighted by atomic mass is 35.5. The molecule has 3 rings (SSSR count). The molecule has 0 saturated heterocycles.